The fourth-order valence-electron chi connectivity index (χ4n) is 3.74. The number of benzene rings is 2. The highest BCUT2D eigenvalue weighted by Crippen LogP contribution is 2.29. The molecule has 142 valence electrons. The van der Waals surface area contributed by atoms with Crippen LogP contribution in [0.5, 0.6) is 0 Å². The molecule has 5 rings (SSSR count). The second-order valence-corrected chi connectivity index (χ2v) is 7.55. The summed E-state index contributed by atoms with van der Waals surface area (Å²) in [6.45, 7) is 3.59. The molecular weight excluding hydrogens is 374 g/mol. The average Bonchev–Trinajstić information content (AvgIpc) is 3.36. The molecule has 6 nitrogen and oxygen atoms in total. The van der Waals surface area contributed by atoms with Crippen molar-refractivity contribution in [3.05, 3.63) is 53.1 Å². The van der Waals surface area contributed by atoms with Gasteiger partial charge in [-0.2, -0.15) is 0 Å². The van der Waals surface area contributed by atoms with E-state index in [1.54, 1.807) is 0 Å². The number of ether oxygens (including phenoxy) is 1. The second kappa shape index (κ2) is 7.04. The van der Waals surface area contributed by atoms with Crippen LogP contribution in [0.2, 0.25) is 5.02 Å². The van der Waals surface area contributed by atoms with E-state index < -0.39 is 0 Å². The monoisotopic (exact) mass is 393 g/mol. The Morgan fingerprint density at radius 2 is 2.11 bits per heavy atom. The molecule has 1 atom stereocenters. The summed E-state index contributed by atoms with van der Waals surface area (Å²) in [4.78, 5) is 4.85. The van der Waals surface area contributed by atoms with E-state index in [9.17, 15) is 0 Å². The molecule has 2 aromatic heterocycles. The quantitative estimate of drug-likeness (QED) is 0.553. The van der Waals surface area contributed by atoms with Gasteiger partial charge in [-0.3, -0.25) is 0 Å². The van der Waals surface area contributed by atoms with Crippen molar-refractivity contribution in [3.8, 4) is 11.4 Å². The third kappa shape index (κ3) is 2.99. The minimum atomic E-state index is 0.199. The van der Waals surface area contributed by atoms with Crippen LogP contribution in [-0.2, 0) is 4.74 Å². The highest BCUT2D eigenvalue weighted by atomic mass is 35.5. The van der Waals surface area contributed by atoms with E-state index in [4.69, 9.17) is 21.3 Å². The molecule has 0 spiro atoms. The largest absolute Gasteiger partial charge is 0.376 e. The fraction of sp³-hybridized carbons (Fsp3) is 0.286. The molecule has 0 bridgehead atoms. The van der Waals surface area contributed by atoms with Crippen molar-refractivity contribution in [1.82, 2.24) is 19.6 Å². The Morgan fingerprint density at radius 3 is 2.93 bits per heavy atom. The summed E-state index contributed by atoms with van der Waals surface area (Å²) in [5.74, 6) is 1.47. The SMILES string of the molecule is Cc1ccccc1-c1nnc2c3ccc(Cl)cc3nc(NCC3CCCO3)n12. The van der Waals surface area contributed by atoms with Crippen LogP contribution < -0.4 is 5.32 Å². The van der Waals surface area contributed by atoms with Gasteiger partial charge in [0.05, 0.1) is 11.6 Å². The molecule has 1 saturated heterocycles. The first-order chi connectivity index (χ1) is 13.7. The number of rotatable bonds is 4. The van der Waals surface area contributed by atoms with E-state index in [1.165, 1.54) is 0 Å². The van der Waals surface area contributed by atoms with Crippen LogP contribution in [0.1, 0.15) is 18.4 Å². The van der Waals surface area contributed by atoms with Crippen molar-refractivity contribution >= 4 is 34.1 Å². The number of hydrogen-bond acceptors (Lipinski definition) is 5. The summed E-state index contributed by atoms with van der Waals surface area (Å²) in [5, 5.41) is 14.0. The van der Waals surface area contributed by atoms with Gasteiger partial charge in [-0.25, -0.2) is 9.38 Å². The zero-order valence-electron chi connectivity index (χ0n) is 15.5. The van der Waals surface area contributed by atoms with Crippen molar-refractivity contribution in [3.63, 3.8) is 0 Å². The van der Waals surface area contributed by atoms with Gasteiger partial charge in [-0.05, 0) is 43.5 Å². The summed E-state index contributed by atoms with van der Waals surface area (Å²) in [7, 11) is 0. The molecule has 4 aromatic rings. The Hall–Kier alpha value is -2.70. The summed E-state index contributed by atoms with van der Waals surface area (Å²) in [6, 6.07) is 13.8. The molecular formula is C21H20ClN5O. The fourth-order valence-corrected chi connectivity index (χ4v) is 3.90. The first kappa shape index (κ1) is 17.4. The van der Waals surface area contributed by atoms with E-state index in [-0.39, 0.29) is 6.10 Å². The molecule has 1 unspecified atom stereocenters. The van der Waals surface area contributed by atoms with Gasteiger partial charge in [-0.1, -0.05) is 35.9 Å². The molecule has 2 aromatic carbocycles. The number of aryl methyl sites for hydroxylation is 1. The summed E-state index contributed by atoms with van der Waals surface area (Å²) in [5.41, 5.74) is 3.72. The maximum absolute atomic E-state index is 6.20. The summed E-state index contributed by atoms with van der Waals surface area (Å²) in [6.07, 6.45) is 2.36. The molecule has 0 amide bonds. The number of nitrogens with zero attached hydrogens (tertiary/aromatic N) is 4. The number of halogens is 1. The van der Waals surface area contributed by atoms with Crippen molar-refractivity contribution in [1.29, 1.82) is 0 Å². The molecule has 1 N–H and O–H groups in total. The summed E-state index contributed by atoms with van der Waals surface area (Å²) >= 11 is 6.20. The number of anilines is 1. The smallest absolute Gasteiger partial charge is 0.211 e. The van der Waals surface area contributed by atoms with Gasteiger partial charge in [0.25, 0.3) is 0 Å². The van der Waals surface area contributed by atoms with E-state index in [0.29, 0.717) is 17.5 Å². The van der Waals surface area contributed by atoms with Gasteiger partial charge in [0.1, 0.15) is 0 Å². The normalized spacial score (nSPS) is 16.9. The van der Waals surface area contributed by atoms with E-state index >= 15 is 0 Å². The molecule has 0 aliphatic carbocycles. The Morgan fingerprint density at radius 1 is 1.21 bits per heavy atom. The van der Waals surface area contributed by atoms with E-state index in [1.807, 2.05) is 34.7 Å². The van der Waals surface area contributed by atoms with Crippen LogP contribution in [0.3, 0.4) is 0 Å². The average molecular weight is 394 g/mol. The van der Waals surface area contributed by atoms with Crippen LogP contribution in [0.25, 0.3) is 27.9 Å². The number of nitrogens with one attached hydrogen (secondary N) is 1. The predicted molar refractivity (Wildman–Crippen MR) is 111 cm³/mol. The third-order valence-corrected chi connectivity index (χ3v) is 5.43. The lowest BCUT2D eigenvalue weighted by atomic mass is 10.1. The number of fused-ring (bicyclic) bond motifs is 3. The van der Waals surface area contributed by atoms with Crippen LogP contribution in [0, 0.1) is 6.92 Å². The van der Waals surface area contributed by atoms with Crippen LogP contribution in [0.4, 0.5) is 5.95 Å². The molecule has 0 saturated carbocycles. The topological polar surface area (TPSA) is 64.3 Å². The van der Waals surface area contributed by atoms with E-state index in [0.717, 1.165) is 52.9 Å². The van der Waals surface area contributed by atoms with Gasteiger partial charge in [0.2, 0.25) is 5.95 Å². The van der Waals surface area contributed by atoms with Gasteiger partial charge in [-0.15, -0.1) is 10.2 Å². The lowest BCUT2D eigenvalue weighted by molar-refractivity contribution is 0.120. The Labute approximate surface area is 167 Å². The zero-order valence-corrected chi connectivity index (χ0v) is 16.3. The highest BCUT2D eigenvalue weighted by Gasteiger charge is 2.20. The van der Waals surface area contributed by atoms with E-state index in [2.05, 4.69) is 34.6 Å². The first-order valence-corrected chi connectivity index (χ1v) is 9.84. The molecule has 1 aliphatic heterocycles. The first-order valence-electron chi connectivity index (χ1n) is 9.46. The lowest BCUT2D eigenvalue weighted by Crippen LogP contribution is -2.20. The minimum absolute atomic E-state index is 0.199. The Kier molecular flexibility index (Phi) is 4.37. The van der Waals surface area contributed by atoms with Gasteiger partial charge in [0.15, 0.2) is 11.5 Å². The van der Waals surface area contributed by atoms with Crippen LogP contribution >= 0.6 is 11.6 Å². The molecule has 7 heteroatoms. The Bertz CT molecular complexity index is 1170. The minimum Gasteiger partial charge on any atom is -0.376 e. The highest BCUT2D eigenvalue weighted by molar-refractivity contribution is 6.31. The van der Waals surface area contributed by atoms with Crippen molar-refractivity contribution < 1.29 is 4.74 Å². The Balaban J connectivity index is 1.71. The maximum Gasteiger partial charge on any atom is 0.211 e. The second-order valence-electron chi connectivity index (χ2n) is 7.11. The number of aromatic nitrogens is 4. The number of hydrogen-bond donors (Lipinski definition) is 1. The lowest BCUT2D eigenvalue weighted by Gasteiger charge is -2.15. The van der Waals surface area contributed by atoms with Crippen molar-refractivity contribution in [2.24, 2.45) is 0 Å². The van der Waals surface area contributed by atoms with Crippen molar-refractivity contribution in [2.45, 2.75) is 25.9 Å². The maximum atomic E-state index is 6.20. The molecule has 28 heavy (non-hydrogen) atoms. The van der Waals surface area contributed by atoms with Gasteiger partial charge in [0, 0.05) is 29.1 Å². The summed E-state index contributed by atoms with van der Waals surface area (Å²) < 4.78 is 7.75. The predicted octanol–water partition coefficient (Wildman–Crippen LogP) is 4.50. The van der Waals surface area contributed by atoms with Crippen LogP contribution in [0.15, 0.2) is 42.5 Å². The molecule has 0 radical (unpaired) electrons. The zero-order chi connectivity index (χ0) is 19.1. The van der Waals surface area contributed by atoms with Crippen LogP contribution in [-0.4, -0.2) is 38.8 Å². The van der Waals surface area contributed by atoms with Crippen molar-refractivity contribution in [2.75, 3.05) is 18.5 Å². The molecule has 3 heterocycles. The van der Waals surface area contributed by atoms with Gasteiger partial charge >= 0.3 is 0 Å². The standard InChI is InChI=1S/C21H20ClN5O/c1-13-5-2-3-7-16(13)19-25-26-20-17-9-8-14(22)11-18(17)24-21(27(19)20)23-12-15-6-4-10-28-15/h2-3,5,7-9,11,15H,4,6,10,12H2,1H3,(H,23,24). The van der Waals surface area contributed by atoms with Gasteiger partial charge < -0.3 is 10.1 Å². The molecule has 1 aliphatic rings. The third-order valence-electron chi connectivity index (χ3n) is 5.20. The molecule has 1 fully saturated rings.